The molecule has 0 aromatic heterocycles. The summed E-state index contributed by atoms with van der Waals surface area (Å²) in [5.41, 5.74) is 0. The monoisotopic (exact) mass is 262 g/mol. The van der Waals surface area contributed by atoms with Crippen molar-refractivity contribution < 1.29 is 9.47 Å². The van der Waals surface area contributed by atoms with Crippen molar-refractivity contribution in [2.24, 2.45) is 5.92 Å². The zero-order valence-electron chi connectivity index (χ0n) is 8.75. The molecule has 0 radical (unpaired) electrons. The van der Waals surface area contributed by atoms with E-state index in [9.17, 15) is 0 Å². The molecule has 0 bridgehead atoms. The quantitative estimate of drug-likeness (QED) is 0.710. The molecule has 0 aromatic rings. The van der Waals surface area contributed by atoms with Crippen LogP contribution in [0.15, 0.2) is 0 Å². The summed E-state index contributed by atoms with van der Waals surface area (Å²) in [7, 11) is 1.76. The Morgan fingerprint density at radius 1 is 1.36 bits per heavy atom. The van der Waals surface area contributed by atoms with E-state index in [1.54, 1.807) is 7.11 Å². The molecule has 0 heterocycles. The van der Waals surface area contributed by atoms with Gasteiger partial charge in [0.05, 0.1) is 12.2 Å². The molecule has 2 rings (SSSR count). The third-order valence-electron chi connectivity index (χ3n) is 3.54. The Kier molecular flexibility index (Phi) is 3.86. The number of hydrogen-bond acceptors (Lipinski definition) is 2. The average molecular weight is 263 g/mol. The smallest absolute Gasteiger partial charge is 0.0958 e. The van der Waals surface area contributed by atoms with E-state index in [1.165, 1.54) is 25.7 Å². The summed E-state index contributed by atoms with van der Waals surface area (Å²) in [6.45, 7) is 0.926. The van der Waals surface area contributed by atoms with E-state index in [2.05, 4.69) is 15.9 Å². The van der Waals surface area contributed by atoms with Crippen molar-refractivity contribution in [1.29, 1.82) is 0 Å². The number of rotatable bonds is 5. The molecule has 2 aliphatic rings. The fraction of sp³-hybridized carbons (Fsp3) is 1.00. The normalized spacial score (nSPS) is 37.7. The zero-order chi connectivity index (χ0) is 9.97. The van der Waals surface area contributed by atoms with E-state index in [0.717, 1.165) is 18.9 Å². The number of halogens is 1. The van der Waals surface area contributed by atoms with Crippen LogP contribution in [-0.4, -0.2) is 30.8 Å². The van der Waals surface area contributed by atoms with Gasteiger partial charge in [-0.15, -0.1) is 0 Å². The summed E-state index contributed by atoms with van der Waals surface area (Å²) < 4.78 is 11.1. The molecular weight excluding hydrogens is 244 g/mol. The lowest BCUT2D eigenvalue weighted by molar-refractivity contribution is -0.109. The lowest BCUT2D eigenvalue weighted by atomic mass is 9.83. The highest BCUT2D eigenvalue weighted by Gasteiger charge is 2.40. The molecule has 3 unspecified atom stereocenters. The van der Waals surface area contributed by atoms with Gasteiger partial charge in [0.25, 0.3) is 0 Å². The van der Waals surface area contributed by atoms with E-state index in [0.29, 0.717) is 10.9 Å². The van der Waals surface area contributed by atoms with Crippen LogP contribution in [0.5, 0.6) is 0 Å². The summed E-state index contributed by atoms with van der Waals surface area (Å²) >= 11 is 3.57. The summed E-state index contributed by atoms with van der Waals surface area (Å²) in [5.74, 6) is 0.954. The van der Waals surface area contributed by atoms with Gasteiger partial charge in [0.2, 0.25) is 0 Å². The van der Waals surface area contributed by atoms with Gasteiger partial charge in [-0.2, -0.15) is 0 Å². The number of ether oxygens (including phenoxy) is 2. The van der Waals surface area contributed by atoms with Crippen LogP contribution in [0.3, 0.4) is 0 Å². The van der Waals surface area contributed by atoms with E-state index >= 15 is 0 Å². The lowest BCUT2D eigenvalue weighted by Gasteiger charge is -2.40. The van der Waals surface area contributed by atoms with Gasteiger partial charge in [0.15, 0.2) is 0 Å². The fourth-order valence-electron chi connectivity index (χ4n) is 2.16. The molecule has 0 amide bonds. The number of hydrogen-bond donors (Lipinski definition) is 0. The highest BCUT2D eigenvalue weighted by molar-refractivity contribution is 9.09. The van der Waals surface area contributed by atoms with E-state index in [-0.39, 0.29) is 6.10 Å². The molecule has 0 N–H and O–H groups in total. The van der Waals surface area contributed by atoms with Crippen LogP contribution in [-0.2, 0) is 9.47 Å². The molecule has 0 saturated heterocycles. The van der Waals surface area contributed by atoms with Crippen LogP contribution in [0.1, 0.15) is 32.1 Å². The van der Waals surface area contributed by atoms with Gasteiger partial charge in [0.1, 0.15) is 0 Å². The molecule has 82 valence electrons. The molecule has 3 atom stereocenters. The van der Waals surface area contributed by atoms with Crippen molar-refractivity contribution in [3.05, 3.63) is 0 Å². The molecule has 2 nitrogen and oxygen atoms in total. The van der Waals surface area contributed by atoms with Crippen molar-refractivity contribution in [3.8, 4) is 0 Å². The van der Waals surface area contributed by atoms with E-state index < -0.39 is 0 Å². The van der Waals surface area contributed by atoms with Gasteiger partial charge < -0.3 is 9.47 Å². The molecule has 0 aliphatic heterocycles. The first kappa shape index (κ1) is 10.9. The standard InChI is InChI=1S/C11H19BrO2/c1-13-11-9(12)7-10(11)14-6-5-8-3-2-4-8/h8-11H,2-7H2,1H3. The summed E-state index contributed by atoms with van der Waals surface area (Å²) in [6.07, 6.45) is 7.23. The Morgan fingerprint density at radius 2 is 2.14 bits per heavy atom. The summed E-state index contributed by atoms with van der Waals surface area (Å²) in [5, 5.41) is 0. The van der Waals surface area contributed by atoms with Gasteiger partial charge >= 0.3 is 0 Å². The number of alkyl halides is 1. The Balaban J connectivity index is 1.56. The second kappa shape index (κ2) is 4.95. The SMILES string of the molecule is COC1C(Br)CC1OCCC1CCC1. The number of methoxy groups -OCH3 is 1. The molecule has 2 aliphatic carbocycles. The molecule has 14 heavy (non-hydrogen) atoms. The Bertz CT molecular complexity index is 182. The third-order valence-corrected chi connectivity index (χ3v) is 4.43. The van der Waals surface area contributed by atoms with Crippen molar-refractivity contribution in [2.75, 3.05) is 13.7 Å². The van der Waals surface area contributed by atoms with Crippen molar-refractivity contribution in [1.82, 2.24) is 0 Å². The van der Waals surface area contributed by atoms with Gasteiger partial charge in [-0.25, -0.2) is 0 Å². The predicted molar refractivity (Wildman–Crippen MR) is 59.8 cm³/mol. The minimum absolute atomic E-state index is 0.274. The van der Waals surface area contributed by atoms with Crippen LogP contribution < -0.4 is 0 Å². The lowest BCUT2D eigenvalue weighted by Crippen LogP contribution is -2.50. The minimum atomic E-state index is 0.274. The maximum atomic E-state index is 5.80. The first-order chi connectivity index (χ1) is 6.81. The highest BCUT2D eigenvalue weighted by atomic mass is 79.9. The Labute approximate surface area is 94.5 Å². The fourth-order valence-corrected chi connectivity index (χ4v) is 3.08. The van der Waals surface area contributed by atoms with E-state index in [4.69, 9.17) is 9.47 Å². The Morgan fingerprint density at radius 3 is 2.64 bits per heavy atom. The molecule has 0 spiro atoms. The van der Waals surface area contributed by atoms with Crippen LogP contribution in [0.4, 0.5) is 0 Å². The summed E-state index contributed by atoms with van der Waals surface area (Å²) in [6, 6.07) is 0. The average Bonchev–Trinajstić information content (AvgIpc) is 2.07. The maximum absolute atomic E-state index is 5.80. The molecule has 2 fully saturated rings. The first-order valence-corrected chi connectivity index (χ1v) is 6.51. The minimum Gasteiger partial charge on any atom is -0.378 e. The van der Waals surface area contributed by atoms with Crippen molar-refractivity contribution in [3.63, 3.8) is 0 Å². The van der Waals surface area contributed by atoms with E-state index in [1.807, 2.05) is 0 Å². The van der Waals surface area contributed by atoms with Crippen molar-refractivity contribution >= 4 is 15.9 Å². The van der Waals surface area contributed by atoms with Crippen LogP contribution in [0, 0.1) is 5.92 Å². The van der Waals surface area contributed by atoms with Gasteiger partial charge in [0, 0.05) is 18.5 Å². The molecule has 2 saturated carbocycles. The Hall–Kier alpha value is 0.400. The van der Waals surface area contributed by atoms with Crippen LogP contribution in [0.25, 0.3) is 0 Å². The molecular formula is C11H19BrO2. The zero-order valence-corrected chi connectivity index (χ0v) is 10.3. The topological polar surface area (TPSA) is 18.5 Å². The van der Waals surface area contributed by atoms with Gasteiger partial charge in [-0.3, -0.25) is 0 Å². The van der Waals surface area contributed by atoms with Crippen LogP contribution >= 0.6 is 15.9 Å². The second-order valence-corrected chi connectivity index (χ2v) is 5.62. The van der Waals surface area contributed by atoms with Crippen molar-refractivity contribution in [2.45, 2.75) is 49.1 Å². The third kappa shape index (κ3) is 2.31. The van der Waals surface area contributed by atoms with Gasteiger partial charge in [-0.1, -0.05) is 35.2 Å². The highest BCUT2D eigenvalue weighted by Crippen LogP contribution is 2.34. The first-order valence-electron chi connectivity index (χ1n) is 5.59. The maximum Gasteiger partial charge on any atom is 0.0958 e. The second-order valence-electron chi connectivity index (χ2n) is 4.45. The van der Waals surface area contributed by atoms with Gasteiger partial charge in [-0.05, 0) is 18.8 Å². The largest absolute Gasteiger partial charge is 0.378 e. The predicted octanol–water partition coefficient (Wildman–Crippen LogP) is 2.74. The molecule has 3 heteroatoms. The molecule has 0 aromatic carbocycles. The summed E-state index contributed by atoms with van der Waals surface area (Å²) in [4.78, 5) is 0.501. The van der Waals surface area contributed by atoms with Crippen LogP contribution in [0.2, 0.25) is 0 Å².